The Morgan fingerprint density at radius 2 is 2.25 bits per heavy atom. The Labute approximate surface area is 104 Å². The lowest BCUT2D eigenvalue weighted by Crippen LogP contribution is -2.10. The van der Waals surface area contributed by atoms with Gasteiger partial charge in [-0.15, -0.1) is 0 Å². The molecule has 16 heavy (non-hydrogen) atoms. The van der Waals surface area contributed by atoms with Crippen molar-refractivity contribution in [3.05, 3.63) is 28.2 Å². The minimum Gasteiger partial charge on any atom is -0.393 e. The topological polar surface area (TPSA) is 54.4 Å². The van der Waals surface area contributed by atoms with Crippen LogP contribution in [0.3, 0.4) is 0 Å². The van der Waals surface area contributed by atoms with Crippen molar-refractivity contribution in [2.24, 2.45) is 0 Å². The number of aliphatic hydroxyl groups excluding tert-OH is 1. The van der Waals surface area contributed by atoms with E-state index in [4.69, 9.17) is 0 Å². The van der Waals surface area contributed by atoms with Gasteiger partial charge in [0.1, 0.15) is 0 Å². The van der Waals surface area contributed by atoms with E-state index in [9.17, 15) is 13.5 Å². The largest absolute Gasteiger partial charge is 0.393 e. The van der Waals surface area contributed by atoms with Crippen molar-refractivity contribution in [1.82, 2.24) is 0 Å². The molecule has 2 atom stereocenters. The van der Waals surface area contributed by atoms with Crippen LogP contribution in [0.15, 0.2) is 27.6 Å². The normalized spacial score (nSPS) is 24.1. The van der Waals surface area contributed by atoms with Gasteiger partial charge in [0.25, 0.3) is 0 Å². The molecular weight excluding hydrogens is 292 g/mol. The van der Waals surface area contributed by atoms with E-state index < -0.39 is 15.9 Å². The molecule has 0 aliphatic carbocycles. The molecule has 0 saturated heterocycles. The van der Waals surface area contributed by atoms with Crippen LogP contribution >= 0.6 is 15.9 Å². The van der Waals surface area contributed by atoms with Crippen LogP contribution in [0, 0.1) is 0 Å². The molecule has 1 aromatic rings. The first-order valence-corrected chi connectivity index (χ1v) is 7.55. The lowest BCUT2D eigenvalue weighted by Gasteiger charge is -2.11. The SMILES string of the molecule is CC(O)CC1CS(=O)(=O)c2ccc(Br)cc21. The van der Waals surface area contributed by atoms with Gasteiger partial charge in [-0.1, -0.05) is 15.9 Å². The maximum Gasteiger partial charge on any atom is 0.179 e. The first kappa shape index (κ1) is 12.1. The molecule has 88 valence electrons. The molecule has 2 rings (SSSR count). The van der Waals surface area contributed by atoms with E-state index in [-0.39, 0.29) is 11.7 Å². The summed E-state index contributed by atoms with van der Waals surface area (Å²) < 4.78 is 24.6. The minimum atomic E-state index is -3.15. The van der Waals surface area contributed by atoms with Crippen molar-refractivity contribution in [3.8, 4) is 0 Å². The lowest BCUT2D eigenvalue weighted by molar-refractivity contribution is 0.177. The van der Waals surface area contributed by atoms with Gasteiger partial charge < -0.3 is 5.11 Å². The van der Waals surface area contributed by atoms with Gasteiger partial charge in [-0.25, -0.2) is 8.42 Å². The van der Waals surface area contributed by atoms with Crippen LogP contribution in [0.4, 0.5) is 0 Å². The summed E-state index contributed by atoms with van der Waals surface area (Å²) in [6.07, 6.45) is 0.00741. The zero-order valence-electron chi connectivity index (χ0n) is 8.85. The minimum absolute atomic E-state index is 0.0856. The molecule has 3 nitrogen and oxygen atoms in total. The molecule has 1 heterocycles. The second-order valence-corrected chi connectivity index (χ2v) is 7.16. The van der Waals surface area contributed by atoms with Gasteiger partial charge in [0.05, 0.1) is 16.8 Å². The maximum atomic E-state index is 11.9. The van der Waals surface area contributed by atoms with Crippen LogP contribution < -0.4 is 0 Å². The quantitative estimate of drug-likeness (QED) is 0.910. The molecule has 0 spiro atoms. The predicted molar refractivity (Wildman–Crippen MR) is 65.2 cm³/mol. The number of rotatable bonds is 2. The highest BCUT2D eigenvalue weighted by Gasteiger charge is 2.35. The molecule has 0 radical (unpaired) electrons. The Bertz CT molecular complexity index is 508. The fourth-order valence-electron chi connectivity index (χ4n) is 2.17. The molecule has 0 aromatic heterocycles. The van der Waals surface area contributed by atoms with Gasteiger partial charge in [0.15, 0.2) is 9.84 Å². The second kappa shape index (κ2) is 4.13. The monoisotopic (exact) mass is 304 g/mol. The zero-order valence-corrected chi connectivity index (χ0v) is 11.3. The van der Waals surface area contributed by atoms with Crippen molar-refractivity contribution in [3.63, 3.8) is 0 Å². The number of aliphatic hydroxyl groups is 1. The van der Waals surface area contributed by atoms with Crippen LogP contribution in [0.25, 0.3) is 0 Å². The molecule has 0 saturated carbocycles. The Morgan fingerprint density at radius 1 is 1.56 bits per heavy atom. The third-order valence-corrected chi connectivity index (χ3v) is 5.17. The van der Waals surface area contributed by atoms with Gasteiger partial charge in [-0.2, -0.15) is 0 Å². The summed E-state index contributed by atoms with van der Waals surface area (Å²) in [5.41, 5.74) is 0.829. The van der Waals surface area contributed by atoms with Crippen LogP contribution in [0.2, 0.25) is 0 Å². The fourth-order valence-corrected chi connectivity index (χ4v) is 4.44. The highest BCUT2D eigenvalue weighted by molar-refractivity contribution is 9.10. The number of halogens is 1. The van der Waals surface area contributed by atoms with E-state index in [1.807, 2.05) is 6.07 Å². The van der Waals surface area contributed by atoms with Crippen molar-refractivity contribution < 1.29 is 13.5 Å². The third-order valence-electron chi connectivity index (χ3n) is 2.79. The standard InChI is InChI=1S/C11H13BrO3S/c1-7(13)4-8-6-16(14,15)11-3-2-9(12)5-10(8)11/h2-3,5,7-8,13H,4,6H2,1H3. The van der Waals surface area contributed by atoms with Crippen LogP contribution in [-0.4, -0.2) is 25.4 Å². The average molecular weight is 305 g/mol. The summed E-state index contributed by atoms with van der Waals surface area (Å²) >= 11 is 3.34. The average Bonchev–Trinajstić information content (AvgIpc) is 2.37. The third kappa shape index (κ3) is 2.17. The first-order chi connectivity index (χ1) is 7.40. The van der Waals surface area contributed by atoms with Crippen molar-refractivity contribution in [2.45, 2.75) is 30.3 Å². The molecule has 0 fully saturated rings. The van der Waals surface area contributed by atoms with Gasteiger partial charge in [-0.05, 0) is 37.1 Å². The number of hydrogen-bond donors (Lipinski definition) is 1. The first-order valence-electron chi connectivity index (χ1n) is 5.10. The highest BCUT2D eigenvalue weighted by Crippen LogP contribution is 2.38. The molecule has 1 aliphatic heterocycles. The van der Waals surface area contributed by atoms with E-state index in [1.165, 1.54) is 0 Å². The van der Waals surface area contributed by atoms with Gasteiger partial charge in [0.2, 0.25) is 0 Å². The smallest absolute Gasteiger partial charge is 0.179 e. The number of fused-ring (bicyclic) bond motifs is 1. The molecule has 1 aromatic carbocycles. The summed E-state index contributed by atoms with van der Waals surface area (Å²) in [4.78, 5) is 0.418. The van der Waals surface area contributed by atoms with Crippen molar-refractivity contribution in [1.29, 1.82) is 0 Å². The fraction of sp³-hybridized carbons (Fsp3) is 0.455. The Hall–Kier alpha value is -0.390. The lowest BCUT2D eigenvalue weighted by atomic mass is 9.96. The zero-order chi connectivity index (χ0) is 11.9. The van der Waals surface area contributed by atoms with Gasteiger partial charge in [0, 0.05) is 10.4 Å². The van der Waals surface area contributed by atoms with E-state index in [2.05, 4.69) is 15.9 Å². The van der Waals surface area contributed by atoms with E-state index in [0.717, 1.165) is 10.0 Å². The van der Waals surface area contributed by atoms with E-state index in [1.54, 1.807) is 19.1 Å². The number of sulfone groups is 1. The summed E-state index contributed by atoms with van der Waals surface area (Å²) in [6.45, 7) is 1.68. The predicted octanol–water partition coefficient (Wildman–Crippen LogP) is 2.09. The second-order valence-electron chi connectivity index (χ2n) is 4.25. The van der Waals surface area contributed by atoms with Crippen LogP contribution in [0.1, 0.15) is 24.8 Å². The molecule has 1 aliphatic rings. The highest BCUT2D eigenvalue weighted by atomic mass is 79.9. The summed E-state index contributed by atoms with van der Waals surface area (Å²) in [5.74, 6) is 0.0291. The van der Waals surface area contributed by atoms with E-state index in [0.29, 0.717) is 11.3 Å². The Balaban J connectivity index is 2.48. The van der Waals surface area contributed by atoms with Gasteiger partial charge >= 0.3 is 0 Å². The summed E-state index contributed by atoms with van der Waals surface area (Å²) in [5, 5.41) is 9.37. The molecule has 1 N–H and O–H groups in total. The Kier molecular flexibility index (Phi) is 3.11. The number of hydrogen-bond acceptors (Lipinski definition) is 3. The van der Waals surface area contributed by atoms with Crippen LogP contribution in [0.5, 0.6) is 0 Å². The molecule has 5 heteroatoms. The van der Waals surface area contributed by atoms with Crippen LogP contribution in [-0.2, 0) is 9.84 Å². The van der Waals surface area contributed by atoms with E-state index >= 15 is 0 Å². The molecule has 0 amide bonds. The van der Waals surface area contributed by atoms with Crippen molar-refractivity contribution >= 4 is 25.8 Å². The molecule has 0 bridgehead atoms. The van der Waals surface area contributed by atoms with Crippen molar-refractivity contribution in [2.75, 3.05) is 5.75 Å². The Morgan fingerprint density at radius 3 is 2.88 bits per heavy atom. The summed E-state index contributed by atoms with van der Waals surface area (Å²) in [6, 6.07) is 5.21. The summed E-state index contributed by atoms with van der Waals surface area (Å²) in [7, 11) is -3.15. The molecule has 2 unspecified atom stereocenters. The maximum absolute atomic E-state index is 11.9. The number of benzene rings is 1. The molecular formula is C11H13BrO3S. The van der Waals surface area contributed by atoms with Gasteiger partial charge in [-0.3, -0.25) is 0 Å².